The average Bonchev–Trinajstić information content (AvgIpc) is 2.57. The molecule has 0 unspecified atom stereocenters. The molecule has 0 spiro atoms. The van der Waals surface area contributed by atoms with Crippen LogP contribution >= 0.6 is 0 Å². The fourth-order valence-corrected chi connectivity index (χ4v) is 2.05. The van der Waals surface area contributed by atoms with Crippen LogP contribution in [-0.2, 0) is 14.3 Å². The van der Waals surface area contributed by atoms with Gasteiger partial charge in [0.05, 0.1) is 12.6 Å². The normalized spacial score (nSPS) is 35.2. The predicted molar refractivity (Wildman–Crippen MR) is 48.5 cm³/mol. The van der Waals surface area contributed by atoms with Crippen LogP contribution < -0.4 is 10.6 Å². The lowest BCUT2D eigenvalue weighted by Crippen LogP contribution is -2.62. The van der Waals surface area contributed by atoms with Gasteiger partial charge in [0.2, 0.25) is 5.91 Å². The minimum Gasteiger partial charge on any atom is -0.464 e. The highest BCUT2D eigenvalue weighted by atomic mass is 16.5. The Labute approximate surface area is 82.2 Å². The minimum atomic E-state index is -0.499. The van der Waals surface area contributed by atoms with E-state index >= 15 is 0 Å². The third kappa shape index (κ3) is 1.48. The van der Waals surface area contributed by atoms with Crippen molar-refractivity contribution in [2.75, 3.05) is 6.61 Å². The molecule has 1 amide bonds. The molecule has 5 nitrogen and oxygen atoms in total. The van der Waals surface area contributed by atoms with Crippen LogP contribution in [0.3, 0.4) is 0 Å². The first-order valence-electron chi connectivity index (χ1n) is 4.95. The van der Waals surface area contributed by atoms with Gasteiger partial charge < -0.3 is 15.4 Å². The van der Waals surface area contributed by atoms with E-state index in [9.17, 15) is 9.59 Å². The van der Waals surface area contributed by atoms with Crippen LogP contribution in [0.2, 0.25) is 0 Å². The lowest BCUT2D eigenvalue weighted by Gasteiger charge is -2.28. The molecule has 0 aromatic rings. The fourth-order valence-electron chi connectivity index (χ4n) is 2.05. The molecular formula is C9H14N2O3. The lowest BCUT2D eigenvalue weighted by molar-refractivity contribution is -0.149. The quantitative estimate of drug-likeness (QED) is 0.568. The van der Waals surface area contributed by atoms with Gasteiger partial charge in [0.15, 0.2) is 0 Å². The van der Waals surface area contributed by atoms with Crippen molar-refractivity contribution in [3.8, 4) is 0 Å². The van der Waals surface area contributed by atoms with Crippen LogP contribution in [0.1, 0.15) is 19.8 Å². The second kappa shape index (κ2) is 3.57. The van der Waals surface area contributed by atoms with Crippen molar-refractivity contribution in [2.24, 2.45) is 0 Å². The van der Waals surface area contributed by atoms with E-state index in [4.69, 9.17) is 4.74 Å². The standard InChI is InChI=1S/C9H14N2O3/c1-2-14-9(13)7-5-3-4-6(10-5)8(12)11-7/h5-7,10H,2-4H2,1H3,(H,11,12)/t5-,6+,7-/m0/s1. The molecule has 2 aliphatic rings. The molecule has 2 bridgehead atoms. The van der Waals surface area contributed by atoms with Gasteiger partial charge in [0.1, 0.15) is 6.04 Å². The van der Waals surface area contributed by atoms with Crippen LogP contribution in [0.4, 0.5) is 0 Å². The smallest absolute Gasteiger partial charge is 0.330 e. The molecule has 14 heavy (non-hydrogen) atoms. The summed E-state index contributed by atoms with van der Waals surface area (Å²) in [4.78, 5) is 22.8. The van der Waals surface area contributed by atoms with Crippen molar-refractivity contribution in [3.63, 3.8) is 0 Å². The molecule has 2 N–H and O–H groups in total. The minimum absolute atomic E-state index is 0.0525. The van der Waals surface area contributed by atoms with E-state index in [1.54, 1.807) is 6.92 Å². The molecule has 0 radical (unpaired) electrons. The van der Waals surface area contributed by atoms with Gasteiger partial charge in [-0.3, -0.25) is 4.79 Å². The fraction of sp³-hybridized carbons (Fsp3) is 0.778. The number of ether oxygens (including phenoxy) is 1. The Bertz CT molecular complexity index is 267. The van der Waals surface area contributed by atoms with Gasteiger partial charge in [-0.2, -0.15) is 0 Å². The highest BCUT2D eigenvalue weighted by Gasteiger charge is 2.43. The molecule has 0 aromatic carbocycles. The van der Waals surface area contributed by atoms with Crippen molar-refractivity contribution in [2.45, 2.75) is 37.9 Å². The average molecular weight is 198 g/mol. The Hall–Kier alpha value is -1.10. The maximum Gasteiger partial charge on any atom is 0.330 e. The Morgan fingerprint density at radius 3 is 3.07 bits per heavy atom. The zero-order valence-corrected chi connectivity index (χ0v) is 8.08. The van der Waals surface area contributed by atoms with E-state index in [1.165, 1.54) is 0 Å². The molecule has 2 fully saturated rings. The van der Waals surface area contributed by atoms with Crippen LogP contribution in [0, 0.1) is 0 Å². The van der Waals surface area contributed by atoms with Crippen LogP contribution in [0.5, 0.6) is 0 Å². The molecule has 78 valence electrons. The first-order chi connectivity index (χ1) is 6.72. The van der Waals surface area contributed by atoms with Gasteiger partial charge in [-0.25, -0.2) is 4.79 Å². The highest BCUT2D eigenvalue weighted by Crippen LogP contribution is 2.20. The first kappa shape index (κ1) is 9.45. The Morgan fingerprint density at radius 1 is 1.57 bits per heavy atom. The Balaban J connectivity index is 2.05. The lowest BCUT2D eigenvalue weighted by atomic mass is 10.1. The number of nitrogens with one attached hydrogen (secondary N) is 2. The third-order valence-corrected chi connectivity index (χ3v) is 2.74. The van der Waals surface area contributed by atoms with Crippen molar-refractivity contribution in [1.29, 1.82) is 0 Å². The summed E-state index contributed by atoms with van der Waals surface area (Å²) in [6, 6.07) is -0.552. The SMILES string of the molecule is CCOC(=O)[C@H]1NC(=O)[C@H]2CC[C@@H]1N2. The summed E-state index contributed by atoms with van der Waals surface area (Å²) >= 11 is 0. The van der Waals surface area contributed by atoms with Crippen molar-refractivity contribution < 1.29 is 14.3 Å². The molecule has 0 saturated carbocycles. The third-order valence-electron chi connectivity index (χ3n) is 2.74. The van der Waals surface area contributed by atoms with Gasteiger partial charge >= 0.3 is 5.97 Å². The van der Waals surface area contributed by atoms with Crippen molar-refractivity contribution in [1.82, 2.24) is 10.6 Å². The molecule has 2 saturated heterocycles. The number of esters is 1. The van der Waals surface area contributed by atoms with Crippen LogP contribution in [0.15, 0.2) is 0 Å². The molecule has 0 aromatic heterocycles. The van der Waals surface area contributed by atoms with Gasteiger partial charge in [-0.1, -0.05) is 0 Å². The first-order valence-corrected chi connectivity index (χ1v) is 4.95. The highest BCUT2D eigenvalue weighted by molar-refractivity contribution is 5.90. The molecular weight excluding hydrogens is 184 g/mol. The monoisotopic (exact) mass is 198 g/mol. The Morgan fingerprint density at radius 2 is 2.36 bits per heavy atom. The largest absolute Gasteiger partial charge is 0.464 e. The molecule has 5 heteroatoms. The van der Waals surface area contributed by atoms with Gasteiger partial charge in [-0.15, -0.1) is 0 Å². The summed E-state index contributed by atoms with van der Waals surface area (Å²) in [7, 11) is 0. The number of carbonyl (C=O) groups excluding carboxylic acids is 2. The van der Waals surface area contributed by atoms with E-state index in [-0.39, 0.29) is 24.0 Å². The maximum absolute atomic E-state index is 11.5. The Kier molecular flexibility index (Phi) is 2.41. The maximum atomic E-state index is 11.5. The number of rotatable bonds is 2. The number of hydrogen-bond donors (Lipinski definition) is 2. The van der Waals surface area contributed by atoms with E-state index in [2.05, 4.69) is 10.6 Å². The number of piperazine rings is 1. The summed E-state index contributed by atoms with van der Waals surface area (Å²) in [5.74, 6) is -0.421. The van der Waals surface area contributed by atoms with E-state index in [0.29, 0.717) is 6.61 Å². The summed E-state index contributed by atoms with van der Waals surface area (Å²) in [6.45, 7) is 2.11. The van der Waals surface area contributed by atoms with E-state index in [1.807, 2.05) is 0 Å². The predicted octanol–water partition coefficient (Wildman–Crippen LogP) is -0.831. The molecule has 2 aliphatic heterocycles. The number of fused-ring (bicyclic) bond motifs is 2. The van der Waals surface area contributed by atoms with Crippen molar-refractivity contribution in [3.05, 3.63) is 0 Å². The molecule has 2 heterocycles. The second-order valence-corrected chi connectivity index (χ2v) is 3.64. The number of carbonyl (C=O) groups is 2. The number of amides is 1. The molecule has 0 aliphatic carbocycles. The molecule has 3 atom stereocenters. The zero-order valence-electron chi connectivity index (χ0n) is 8.08. The topological polar surface area (TPSA) is 67.4 Å². The number of hydrogen-bond acceptors (Lipinski definition) is 4. The summed E-state index contributed by atoms with van der Waals surface area (Å²) in [6.07, 6.45) is 1.67. The second-order valence-electron chi connectivity index (χ2n) is 3.64. The van der Waals surface area contributed by atoms with Gasteiger partial charge in [0.25, 0.3) is 0 Å². The van der Waals surface area contributed by atoms with Crippen LogP contribution in [0.25, 0.3) is 0 Å². The van der Waals surface area contributed by atoms with Crippen molar-refractivity contribution >= 4 is 11.9 Å². The zero-order chi connectivity index (χ0) is 10.1. The van der Waals surface area contributed by atoms with Crippen LogP contribution in [-0.4, -0.2) is 36.6 Å². The molecule has 2 rings (SSSR count). The summed E-state index contributed by atoms with van der Waals surface area (Å²) in [5, 5.41) is 5.80. The van der Waals surface area contributed by atoms with Gasteiger partial charge in [0, 0.05) is 6.04 Å². The summed E-state index contributed by atoms with van der Waals surface area (Å²) < 4.78 is 4.89. The van der Waals surface area contributed by atoms with E-state index in [0.717, 1.165) is 12.8 Å². The van der Waals surface area contributed by atoms with E-state index < -0.39 is 6.04 Å². The van der Waals surface area contributed by atoms with Gasteiger partial charge in [-0.05, 0) is 19.8 Å². The summed E-state index contributed by atoms with van der Waals surface area (Å²) in [5.41, 5.74) is 0.